The average molecular weight is 308 g/mol. The SMILES string of the molecule is CCN1CCOC(COc2c(C)cc(C(N)=S)cc2C)C1. The van der Waals surface area contributed by atoms with Crippen LogP contribution in [0.1, 0.15) is 23.6 Å². The number of likely N-dealkylation sites (N-methyl/N-ethyl adjacent to an activating group) is 1. The summed E-state index contributed by atoms with van der Waals surface area (Å²) in [6, 6.07) is 3.95. The van der Waals surface area contributed by atoms with E-state index in [1.54, 1.807) is 0 Å². The van der Waals surface area contributed by atoms with Crippen molar-refractivity contribution in [1.82, 2.24) is 4.90 Å². The first-order valence-electron chi connectivity index (χ1n) is 7.39. The highest BCUT2D eigenvalue weighted by Gasteiger charge is 2.20. The van der Waals surface area contributed by atoms with Gasteiger partial charge in [0.1, 0.15) is 23.4 Å². The van der Waals surface area contributed by atoms with Crippen molar-refractivity contribution in [3.63, 3.8) is 0 Å². The van der Waals surface area contributed by atoms with Gasteiger partial charge in [0.15, 0.2) is 0 Å². The maximum absolute atomic E-state index is 6.00. The molecular formula is C16H24N2O2S. The molecule has 1 fully saturated rings. The lowest BCUT2D eigenvalue weighted by molar-refractivity contribution is -0.0465. The highest BCUT2D eigenvalue weighted by atomic mass is 32.1. The summed E-state index contributed by atoms with van der Waals surface area (Å²) >= 11 is 5.03. The number of morpholine rings is 1. The van der Waals surface area contributed by atoms with E-state index in [9.17, 15) is 0 Å². The van der Waals surface area contributed by atoms with Crippen molar-refractivity contribution in [1.29, 1.82) is 0 Å². The minimum atomic E-state index is 0.132. The highest BCUT2D eigenvalue weighted by molar-refractivity contribution is 7.80. The molecule has 0 aromatic heterocycles. The van der Waals surface area contributed by atoms with Crippen LogP contribution in [0.3, 0.4) is 0 Å². The highest BCUT2D eigenvalue weighted by Crippen LogP contribution is 2.25. The molecule has 0 spiro atoms. The van der Waals surface area contributed by atoms with Gasteiger partial charge in [-0.05, 0) is 43.7 Å². The van der Waals surface area contributed by atoms with Crippen LogP contribution >= 0.6 is 12.2 Å². The van der Waals surface area contributed by atoms with E-state index in [-0.39, 0.29) is 6.10 Å². The Hall–Kier alpha value is -1.17. The van der Waals surface area contributed by atoms with Crippen molar-refractivity contribution in [3.8, 4) is 5.75 Å². The first kappa shape index (κ1) is 16.2. The number of hydrogen-bond acceptors (Lipinski definition) is 4. The third-order valence-corrected chi connectivity index (χ3v) is 4.06. The van der Waals surface area contributed by atoms with Crippen LogP contribution in [-0.2, 0) is 4.74 Å². The summed E-state index contributed by atoms with van der Waals surface area (Å²) < 4.78 is 11.8. The summed E-state index contributed by atoms with van der Waals surface area (Å²) in [7, 11) is 0. The van der Waals surface area contributed by atoms with E-state index in [0.717, 1.165) is 48.7 Å². The van der Waals surface area contributed by atoms with E-state index in [4.69, 9.17) is 27.4 Å². The molecule has 1 saturated heterocycles. The third kappa shape index (κ3) is 4.15. The predicted molar refractivity (Wildman–Crippen MR) is 89.2 cm³/mol. The molecule has 116 valence electrons. The van der Waals surface area contributed by atoms with Gasteiger partial charge in [0, 0.05) is 18.7 Å². The maximum Gasteiger partial charge on any atom is 0.125 e. The zero-order chi connectivity index (χ0) is 15.4. The van der Waals surface area contributed by atoms with Crippen molar-refractivity contribution in [2.45, 2.75) is 26.9 Å². The molecule has 0 radical (unpaired) electrons. The van der Waals surface area contributed by atoms with Crippen LogP contribution in [0.25, 0.3) is 0 Å². The summed E-state index contributed by atoms with van der Waals surface area (Å²) in [5.41, 5.74) is 8.69. The largest absolute Gasteiger partial charge is 0.490 e. The van der Waals surface area contributed by atoms with Gasteiger partial charge >= 0.3 is 0 Å². The molecule has 1 aliphatic heterocycles. The zero-order valence-electron chi connectivity index (χ0n) is 13.0. The van der Waals surface area contributed by atoms with E-state index < -0.39 is 0 Å². The topological polar surface area (TPSA) is 47.7 Å². The van der Waals surface area contributed by atoms with Gasteiger partial charge in [-0.15, -0.1) is 0 Å². The molecule has 0 bridgehead atoms. The summed E-state index contributed by atoms with van der Waals surface area (Å²) in [5.74, 6) is 0.909. The fourth-order valence-electron chi connectivity index (χ4n) is 2.66. The number of rotatable bonds is 5. The van der Waals surface area contributed by atoms with Crippen LogP contribution in [0.5, 0.6) is 5.75 Å². The van der Waals surface area contributed by atoms with Crippen LogP contribution in [0, 0.1) is 13.8 Å². The first-order chi connectivity index (χ1) is 10.0. The summed E-state index contributed by atoms with van der Waals surface area (Å²) in [4.78, 5) is 2.80. The van der Waals surface area contributed by atoms with Crippen molar-refractivity contribution in [2.24, 2.45) is 5.73 Å². The molecule has 1 aliphatic rings. The summed E-state index contributed by atoms with van der Waals surface area (Å²) in [5, 5.41) is 0. The van der Waals surface area contributed by atoms with E-state index in [2.05, 4.69) is 11.8 Å². The molecule has 0 saturated carbocycles. The second-order valence-corrected chi connectivity index (χ2v) is 5.94. The quantitative estimate of drug-likeness (QED) is 0.844. The lowest BCUT2D eigenvalue weighted by Gasteiger charge is -2.32. The molecule has 4 nitrogen and oxygen atoms in total. The molecule has 0 aliphatic carbocycles. The molecule has 5 heteroatoms. The first-order valence-corrected chi connectivity index (χ1v) is 7.80. The minimum Gasteiger partial charge on any atom is -0.490 e. The van der Waals surface area contributed by atoms with Gasteiger partial charge in [0.25, 0.3) is 0 Å². The molecule has 0 amide bonds. The molecule has 2 rings (SSSR count). The van der Waals surface area contributed by atoms with Crippen LogP contribution in [0.15, 0.2) is 12.1 Å². The normalized spacial score (nSPS) is 19.5. The Bertz CT molecular complexity index is 496. The molecule has 1 heterocycles. The predicted octanol–water partition coefficient (Wildman–Crippen LogP) is 2.04. The smallest absolute Gasteiger partial charge is 0.125 e. The number of nitrogens with two attached hydrogens (primary N) is 1. The van der Waals surface area contributed by atoms with Gasteiger partial charge in [-0.25, -0.2) is 0 Å². The van der Waals surface area contributed by atoms with Crippen LogP contribution in [0.2, 0.25) is 0 Å². The Morgan fingerprint density at radius 1 is 1.43 bits per heavy atom. The van der Waals surface area contributed by atoms with E-state index in [1.165, 1.54) is 0 Å². The number of aryl methyl sites for hydroxylation is 2. The summed E-state index contributed by atoms with van der Waals surface area (Å²) in [6.45, 7) is 10.6. The molecule has 1 aromatic carbocycles. The van der Waals surface area contributed by atoms with Gasteiger partial charge in [0.05, 0.1) is 6.61 Å². The summed E-state index contributed by atoms with van der Waals surface area (Å²) in [6.07, 6.45) is 0.132. The Morgan fingerprint density at radius 2 is 2.10 bits per heavy atom. The lowest BCUT2D eigenvalue weighted by Crippen LogP contribution is -2.44. The van der Waals surface area contributed by atoms with Gasteiger partial charge < -0.3 is 15.2 Å². The Balaban J connectivity index is 2.01. The average Bonchev–Trinajstić information content (AvgIpc) is 2.46. The molecule has 1 unspecified atom stereocenters. The van der Waals surface area contributed by atoms with Crippen LogP contribution in [-0.4, -0.2) is 48.8 Å². The number of thiocarbonyl (C=S) groups is 1. The van der Waals surface area contributed by atoms with Crippen molar-refractivity contribution in [2.75, 3.05) is 32.8 Å². The molecule has 1 atom stereocenters. The second kappa shape index (κ2) is 7.20. The molecular weight excluding hydrogens is 284 g/mol. The lowest BCUT2D eigenvalue weighted by atomic mass is 10.1. The fraction of sp³-hybridized carbons (Fsp3) is 0.562. The molecule has 21 heavy (non-hydrogen) atoms. The number of benzene rings is 1. The third-order valence-electron chi connectivity index (χ3n) is 3.83. The van der Waals surface area contributed by atoms with E-state index in [1.807, 2.05) is 26.0 Å². The number of ether oxygens (including phenoxy) is 2. The number of nitrogens with zero attached hydrogens (tertiary/aromatic N) is 1. The molecule has 1 aromatic rings. The zero-order valence-corrected chi connectivity index (χ0v) is 13.8. The van der Waals surface area contributed by atoms with Crippen LogP contribution in [0.4, 0.5) is 0 Å². The van der Waals surface area contributed by atoms with Gasteiger partial charge in [-0.1, -0.05) is 19.1 Å². The van der Waals surface area contributed by atoms with Gasteiger partial charge in [-0.3, -0.25) is 4.90 Å². The minimum absolute atomic E-state index is 0.132. The van der Waals surface area contributed by atoms with E-state index in [0.29, 0.717) is 11.6 Å². The monoisotopic (exact) mass is 308 g/mol. The van der Waals surface area contributed by atoms with Crippen molar-refractivity contribution < 1.29 is 9.47 Å². The van der Waals surface area contributed by atoms with Crippen molar-refractivity contribution in [3.05, 3.63) is 28.8 Å². The van der Waals surface area contributed by atoms with Crippen molar-refractivity contribution >= 4 is 17.2 Å². The Morgan fingerprint density at radius 3 is 2.67 bits per heavy atom. The van der Waals surface area contributed by atoms with Gasteiger partial charge in [-0.2, -0.15) is 0 Å². The Kier molecular flexibility index (Phi) is 5.56. The molecule has 2 N–H and O–H groups in total. The van der Waals surface area contributed by atoms with Crippen LogP contribution < -0.4 is 10.5 Å². The van der Waals surface area contributed by atoms with Gasteiger partial charge in [0.2, 0.25) is 0 Å². The standard InChI is InChI=1S/C16H24N2O2S/c1-4-18-5-6-19-14(9-18)10-20-15-11(2)7-13(16(17)21)8-12(15)3/h7-8,14H,4-6,9-10H2,1-3H3,(H2,17,21). The maximum atomic E-state index is 6.00. The number of hydrogen-bond donors (Lipinski definition) is 1. The second-order valence-electron chi connectivity index (χ2n) is 5.50. The fourth-order valence-corrected chi connectivity index (χ4v) is 2.78. The van der Waals surface area contributed by atoms with E-state index >= 15 is 0 Å². The Labute approximate surface area is 132 Å².